The normalized spacial score (nSPS) is 27.0. The van der Waals surface area contributed by atoms with E-state index in [1.807, 2.05) is 16.8 Å². The molecule has 2 amide bonds. The van der Waals surface area contributed by atoms with Crippen molar-refractivity contribution in [2.45, 2.75) is 43.1 Å². The van der Waals surface area contributed by atoms with Crippen molar-refractivity contribution in [1.29, 1.82) is 0 Å². The van der Waals surface area contributed by atoms with Gasteiger partial charge in [-0.05, 0) is 26.0 Å². The Morgan fingerprint density at radius 3 is 2.93 bits per heavy atom. The number of halogens is 1. The van der Waals surface area contributed by atoms with E-state index in [4.69, 9.17) is 16.3 Å². The van der Waals surface area contributed by atoms with Crippen LogP contribution in [0.2, 0.25) is 0 Å². The van der Waals surface area contributed by atoms with E-state index < -0.39 is 0 Å². The lowest BCUT2D eigenvalue weighted by Gasteiger charge is -2.23. The minimum atomic E-state index is -0.190. The van der Waals surface area contributed by atoms with Gasteiger partial charge in [-0.2, -0.15) is 5.10 Å². The molecule has 3 atom stereocenters. The molecule has 1 N–H and O–H groups in total. The monoisotopic (exact) mass is 453 g/mol. The van der Waals surface area contributed by atoms with Crippen LogP contribution in [0.15, 0.2) is 16.5 Å². The lowest BCUT2D eigenvalue weighted by Crippen LogP contribution is -2.42. The molecule has 4 heterocycles. The summed E-state index contributed by atoms with van der Waals surface area (Å²) in [6.45, 7) is 3.56. The van der Waals surface area contributed by atoms with Crippen LogP contribution < -0.4 is 5.32 Å². The van der Waals surface area contributed by atoms with Crippen molar-refractivity contribution >= 4 is 35.2 Å². The second kappa shape index (κ2) is 9.30. The number of nitrogens with one attached hydrogen (secondary N) is 1. The number of ether oxygens (including phenoxy) is 1. The molecule has 1 fully saturated rings. The fourth-order valence-corrected chi connectivity index (χ4v) is 5.53. The number of methoxy groups -OCH3 is 1. The number of hydrogen-bond acceptors (Lipinski definition) is 6. The first-order chi connectivity index (χ1) is 14.4. The molecule has 3 aliphatic rings. The number of aromatic nitrogens is 2. The number of amides is 2. The number of carbonyl (C=O) groups excluding carboxylic acids is 2. The van der Waals surface area contributed by atoms with E-state index in [9.17, 15) is 9.59 Å². The summed E-state index contributed by atoms with van der Waals surface area (Å²) in [5, 5.41) is 7.49. The minimum absolute atomic E-state index is 0.0276. The maximum absolute atomic E-state index is 13.3. The number of hydrogen-bond donors (Lipinski definition) is 1. The highest BCUT2D eigenvalue weighted by Gasteiger charge is 2.38. The van der Waals surface area contributed by atoms with Crippen molar-refractivity contribution in [1.82, 2.24) is 24.9 Å². The SMILES string of the molecule is COC[C@@H]1C[C@@H](NC(=O)C2CC=C(Cl)S2)CN1C(=O)c1cc2n(n1)CCN(C)CC2. The van der Waals surface area contributed by atoms with E-state index in [1.165, 1.54) is 11.8 Å². The molecule has 1 unspecified atom stereocenters. The average Bonchev–Trinajstić information content (AvgIpc) is 3.41. The Balaban J connectivity index is 1.42. The molecule has 0 saturated carbocycles. The highest BCUT2D eigenvalue weighted by Crippen LogP contribution is 2.35. The molecule has 0 radical (unpaired) electrons. The van der Waals surface area contributed by atoms with Gasteiger partial charge in [0.05, 0.1) is 28.8 Å². The molecule has 164 valence electrons. The Hall–Kier alpha value is -1.55. The van der Waals surface area contributed by atoms with Gasteiger partial charge in [0.15, 0.2) is 5.69 Å². The predicted molar refractivity (Wildman–Crippen MR) is 117 cm³/mol. The molecule has 0 bridgehead atoms. The molecule has 30 heavy (non-hydrogen) atoms. The van der Waals surface area contributed by atoms with Crippen LogP contribution in [0.25, 0.3) is 0 Å². The highest BCUT2D eigenvalue weighted by atomic mass is 35.5. The van der Waals surface area contributed by atoms with Gasteiger partial charge in [0.2, 0.25) is 5.91 Å². The van der Waals surface area contributed by atoms with E-state index in [1.54, 1.807) is 12.0 Å². The summed E-state index contributed by atoms with van der Waals surface area (Å²) in [4.78, 5) is 29.9. The van der Waals surface area contributed by atoms with Gasteiger partial charge in [-0.15, -0.1) is 11.8 Å². The molecule has 1 aromatic heterocycles. The smallest absolute Gasteiger partial charge is 0.274 e. The second-order valence-corrected chi connectivity index (χ2v) is 10.0. The first-order valence-electron chi connectivity index (χ1n) is 10.3. The van der Waals surface area contributed by atoms with Gasteiger partial charge in [0.25, 0.3) is 5.91 Å². The van der Waals surface area contributed by atoms with Gasteiger partial charge in [0.1, 0.15) is 0 Å². The Morgan fingerprint density at radius 1 is 1.37 bits per heavy atom. The Morgan fingerprint density at radius 2 is 2.20 bits per heavy atom. The van der Waals surface area contributed by atoms with Crippen LogP contribution >= 0.6 is 23.4 Å². The lowest BCUT2D eigenvalue weighted by atomic mass is 10.1. The van der Waals surface area contributed by atoms with Crippen LogP contribution in [-0.4, -0.2) is 89.1 Å². The van der Waals surface area contributed by atoms with Crippen LogP contribution in [-0.2, 0) is 22.5 Å². The number of likely N-dealkylation sites (tertiary alicyclic amines) is 1. The molecule has 4 rings (SSSR count). The van der Waals surface area contributed by atoms with Gasteiger partial charge in [-0.1, -0.05) is 17.7 Å². The number of likely N-dealkylation sites (N-methyl/N-ethyl adjacent to an activating group) is 1. The molecule has 10 heteroatoms. The van der Waals surface area contributed by atoms with Crippen LogP contribution in [0, 0.1) is 0 Å². The molecule has 1 aromatic rings. The number of rotatable bonds is 5. The van der Waals surface area contributed by atoms with Crippen LogP contribution in [0.4, 0.5) is 0 Å². The van der Waals surface area contributed by atoms with Crippen LogP contribution in [0.3, 0.4) is 0 Å². The van der Waals surface area contributed by atoms with Crippen molar-refractivity contribution in [2.75, 3.05) is 40.4 Å². The fourth-order valence-electron chi connectivity index (χ4n) is 4.29. The molecule has 8 nitrogen and oxygen atoms in total. The van der Waals surface area contributed by atoms with Crippen molar-refractivity contribution in [3.8, 4) is 0 Å². The standard InChI is InChI=1S/C20H28ClN5O3S/c1-24-6-5-14-10-16(23-26(14)8-7-24)20(28)25-11-13(9-15(25)12-29-2)22-19(27)17-3-4-18(21)30-17/h4,10,13,15,17H,3,5-9,11-12H2,1-2H3,(H,22,27)/t13-,15+,17?/m1/s1. The van der Waals surface area contributed by atoms with Crippen molar-refractivity contribution in [3.63, 3.8) is 0 Å². The van der Waals surface area contributed by atoms with Crippen molar-refractivity contribution in [2.24, 2.45) is 0 Å². The summed E-state index contributed by atoms with van der Waals surface area (Å²) in [5.74, 6) is -0.122. The van der Waals surface area contributed by atoms with E-state index in [0.29, 0.717) is 36.1 Å². The zero-order valence-electron chi connectivity index (χ0n) is 17.3. The summed E-state index contributed by atoms with van der Waals surface area (Å²) >= 11 is 7.37. The fraction of sp³-hybridized carbons (Fsp3) is 0.650. The Bertz CT molecular complexity index is 819. The third-order valence-electron chi connectivity index (χ3n) is 5.95. The number of thioether (sulfide) groups is 1. The quantitative estimate of drug-likeness (QED) is 0.724. The zero-order valence-corrected chi connectivity index (χ0v) is 18.9. The third kappa shape index (κ3) is 4.69. The Labute approximate surface area is 185 Å². The van der Waals surface area contributed by atoms with E-state index in [-0.39, 0.29) is 29.1 Å². The number of allylic oxidation sites excluding steroid dienone is 1. The third-order valence-corrected chi connectivity index (χ3v) is 7.45. The first-order valence-corrected chi connectivity index (χ1v) is 11.6. The zero-order chi connectivity index (χ0) is 21.3. The van der Waals surface area contributed by atoms with Gasteiger partial charge in [-0.25, -0.2) is 0 Å². The molecule has 1 saturated heterocycles. The number of carbonyl (C=O) groups is 2. The molecule has 0 aliphatic carbocycles. The van der Waals surface area contributed by atoms with Gasteiger partial charge >= 0.3 is 0 Å². The summed E-state index contributed by atoms with van der Waals surface area (Å²) in [6, 6.07) is 1.73. The van der Waals surface area contributed by atoms with E-state index in [0.717, 1.165) is 31.7 Å². The van der Waals surface area contributed by atoms with E-state index in [2.05, 4.69) is 22.4 Å². The summed E-state index contributed by atoms with van der Waals surface area (Å²) in [6.07, 6.45) is 4.06. The lowest BCUT2D eigenvalue weighted by molar-refractivity contribution is -0.121. The Kier molecular flexibility index (Phi) is 6.72. The second-order valence-electron chi connectivity index (χ2n) is 8.16. The number of nitrogens with zero attached hydrogens (tertiary/aromatic N) is 4. The van der Waals surface area contributed by atoms with Crippen LogP contribution in [0.1, 0.15) is 29.0 Å². The van der Waals surface area contributed by atoms with Crippen molar-refractivity contribution < 1.29 is 14.3 Å². The molecule has 3 aliphatic heterocycles. The topological polar surface area (TPSA) is 79.7 Å². The van der Waals surface area contributed by atoms with Gasteiger partial charge in [-0.3, -0.25) is 14.3 Å². The summed E-state index contributed by atoms with van der Waals surface area (Å²) in [7, 11) is 3.73. The maximum Gasteiger partial charge on any atom is 0.274 e. The van der Waals surface area contributed by atoms with Gasteiger partial charge < -0.3 is 19.9 Å². The maximum atomic E-state index is 13.3. The number of fused-ring (bicyclic) bond motifs is 1. The van der Waals surface area contributed by atoms with Crippen molar-refractivity contribution in [3.05, 3.63) is 27.9 Å². The molecular weight excluding hydrogens is 426 g/mol. The average molecular weight is 454 g/mol. The molecule has 0 aromatic carbocycles. The summed E-state index contributed by atoms with van der Waals surface area (Å²) < 4.78 is 7.97. The molecular formula is C20H28ClN5O3S. The largest absolute Gasteiger partial charge is 0.383 e. The van der Waals surface area contributed by atoms with Gasteiger partial charge in [0, 0.05) is 44.9 Å². The highest BCUT2D eigenvalue weighted by molar-refractivity contribution is 8.06. The predicted octanol–water partition coefficient (Wildman–Crippen LogP) is 1.30. The first kappa shape index (κ1) is 21.7. The summed E-state index contributed by atoms with van der Waals surface area (Å²) in [5.41, 5.74) is 1.57. The van der Waals surface area contributed by atoms with Crippen LogP contribution in [0.5, 0.6) is 0 Å². The minimum Gasteiger partial charge on any atom is -0.383 e. The molecule has 0 spiro atoms. The van der Waals surface area contributed by atoms with E-state index >= 15 is 0 Å².